The van der Waals surface area contributed by atoms with Crippen LogP contribution < -0.4 is 0 Å². The van der Waals surface area contributed by atoms with Crippen LogP contribution in [0.5, 0.6) is 0 Å². The van der Waals surface area contributed by atoms with Crippen LogP contribution in [0, 0.1) is 11.6 Å². The van der Waals surface area contributed by atoms with Crippen molar-refractivity contribution in [3.05, 3.63) is 118 Å². The van der Waals surface area contributed by atoms with Crippen LogP contribution >= 0.6 is 22.9 Å². The summed E-state index contributed by atoms with van der Waals surface area (Å²) in [7, 11) is 0. The van der Waals surface area contributed by atoms with Gasteiger partial charge in [0, 0.05) is 34.4 Å². The minimum atomic E-state index is -1.56. The van der Waals surface area contributed by atoms with E-state index in [2.05, 4.69) is 21.8 Å². The van der Waals surface area contributed by atoms with E-state index < -0.39 is 35.9 Å². The molecule has 2 atom stereocenters. The predicted octanol–water partition coefficient (Wildman–Crippen LogP) is 7.28. The lowest BCUT2D eigenvalue weighted by atomic mass is 9.81. The van der Waals surface area contributed by atoms with Gasteiger partial charge in [-0.1, -0.05) is 37.3 Å². The maximum absolute atomic E-state index is 15.6. The molecule has 3 aromatic carbocycles. The number of esters is 1. The number of thiazole rings is 1. The molecule has 0 radical (unpaired) electrons. The summed E-state index contributed by atoms with van der Waals surface area (Å²) in [6, 6.07) is 17.4. The molecule has 0 saturated heterocycles. The molecule has 1 unspecified atom stereocenters. The van der Waals surface area contributed by atoms with E-state index in [0.29, 0.717) is 10.7 Å². The summed E-state index contributed by atoms with van der Waals surface area (Å²) >= 11 is 7.27. The Kier molecular flexibility index (Phi) is 9.34. The molecule has 0 bridgehead atoms. The zero-order valence-electron chi connectivity index (χ0n) is 23.0. The third-order valence-electron chi connectivity index (χ3n) is 7.01. The minimum Gasteiger partial charge on any atom is -0.435 e. The molecule has 0 aliphatic rings. The summed E-state index contributed by atoms with van der Waals surface area (Å²) in [4.78, 5) is 25.7. The van der Waals surface area contributed by atoms with E-state index in [-0.39, 0.29) is 23.6 Å². The van der Waals surface area contributed by atoms with Crippen LogP contribution in [0.25, 0.3) is 11.3 Å². The predicted molar refractivity (Wildman–Crippen MR) is 161 cm³/mol. The van der Waals surface area contributed by atoms with E-state index in [0.717, 1.165) is 28.9 Å². The van der Waals surface area contributed by atoms with E-state index in [1.54, 1.807) is 24.3 Å². The van der Waals surface area contributed by atoms with Gasteiger partial charge in [-0.25, -0.2) is 28.2 Å². The van der Waals surface area contributed by atoms with Crippen molar-refractivity contribution in [2.45, 2.75) is 30.9 Å². The fourth-order valence-electron chi connectivity index (χ4n) is 4.70. The van der Waals surface area contributed by atoms with E-state index in [1.807, 2.05) is 36.6 Å². The van der Waals surface area contributed by atoms with Gasteiger partial charge in [0.05, 0.1) is 28.5 Å². The molecule has 5 rings (SSSR count). The molecule has 0 aliphatic heterocycles. The molecule has 220 valence electrons. The SMILES string of the molecule is C=Nc1ccc(-c2csc([C@H](C)C(Cn3cncn3)(OCOC(=O)c3cccc(CCl)c3)c3ccc(F)cc3F)n2)cc1. The molecule has 5 aromatic rings. The van der Waals surface area contributed by atoms with Gasteiger partial charge in [-0.2, -0.15) is 5.10 Å². The highest BCUT2D eigenvalue weighted by atomic mass is 35.5. The lowest BCUT2D eigenvalue weighted by molar-refractivity contribution is -0.148. The Morgan fingerprint density at radius 2 is 1.98 bits per heavy atom. The monoisotopic (exact) mass is 621 g/mol. The number of hydrogen-bond acceptors (Lipinski definition) is 8. The highest BCUT2D eigenvalue weighted by molar-refractivity contribution is 7.10. The van der Waals surface area contributed by atoms with E-state index >= 15 is 4.39 Å². The number of nitrogens with zero attached hydrogens (tertiary/aromatic N) is 5. The number of benzene rings is 3. The Hall–Kier alpha value is -4.32. The maximum Gasteiger partial charge on any atom is 0.340 e. The molecule has 0 fully saturated rings. The summed E-state index contributed by atoms with van der Waals surface area (Å²) in [5.74, 6) is -2.64. The van der Waals surface area contributed by atoms with Gasteiger partial charge in [-0.3, -0.25) is 4.99 Å². The highest BCUT2D eigenvalue weighted by Gasteiger charge is 2.45. The lowest BCUT2D eigenvalue weighted by Crippen LogP contribution is -2.42. The first-order valence-corrected chi connectivity index (χ1v) is 14.5. The molecule has 0 spiro atoms. The fourth-order valence-corrected chi connectivity index (χ4v) is 5.83. The number of aliphatic imine (C=N–C) groups is 1. The molecule has 8 nitrogen and oxygen atoms in total. The van der Waals surface area contributed by atoms with Crippen LogP contribution in [0.1, 0.15) is 39.3 Å². The topological polar surface area (TPSA) is 91.5 Å². The van der Waals surface area contributed by atoms with Crippen LogP contribution in [-0.2, 0) is 27.5 Å². The highest BCUT2D eigenvalue weighted by Crippen LogP contribution is 2.44. The zero-order valence-corrected chi connectivity index (χ0v) is 24.6. The number of carbonyl (C=O) groups is 1. The van der Waals surface area contributed by atoms with Gasteiger partial charge in [0.15, 0.2) is 6.79 Å². The molecule has 0 amide bonds. The first-order chi connectivity index (χ1) is 20.8. The summed E-state index contributed by atoms with van der Waals surface area (Å²) in [5, 5.41) is 6.69. The number of rotatable bonds is 12. The van der Waals surface area contributed by atoms with Crippen LogP contribution in [0.3, 0.4) is 0 Å². The quantitative estimate of drug-likeness (QED) is 0.0629. The van der Waals surface area contributed by atoms with Crippen molar-refractivity contribution < 1.29 is 23.0 Å². The first kappa shape index (κ1) is 30.1. The fraction of sp³-hybridized carbons (Fsp3) is 0.194. The van der Waals surface area contributed by atoms with Crippen molar-refractivity contribution in [2.75, 3.05) is 6.79 Å². The third-order valence-corrected chi connectivity index (χ3v) is 8.35. The van der Waals surface area contributed by atoms with E-state index in [1.165, 1.54) is 34.7 Å². The molecule has 12 heteroatoms. The average molecular weight is 622 g/mol. The Labute approximate surface area is 255 Å². The molecule has 0 N–H and O–H groups in total. The van der Waals surface area contributed by atoms with Gasteiger partial charge in [-0.15, -0.1) is 22.9 Å². The zero-order chi connectivity index (χ0) is 30.4. The summed E-state index contributed by atoms with van der Waals surface area (Å²) in [5.41, 5.74) is 1.78. The summed E-state index contributed by atoms with van der Waals surface area (Å²) < 4.78 is 43.0. The van der Waals surface area contributed by atoms with Crippen molar-refractivity contribution >= 4 is 41.3 Å². The van der Waals surface area contributed by atoms with Gasteiger partial charge in [0.1, 0.15) is 29.9 Å². The molecule has 0 saturated carbocycles. The second kappa shape index (κ2) is 13.3. The molecule has 2 aromatic heterocycles. The number of carbonyl (C=O) groups excluding carboxylic acids is 1. The van der Waals surface area contributed by atoms with Gasteiger partial charge in [0.2, 0.25) is 0 Å². The largest absolute Gasteiger partial charge is 0.435 e. The lowest BCUT2D eigenvalue weighted by Gasteiger charge is -2.38. The van der Waals surface area contributed by atoms with Crippen molar-refractivity contribution in [2.24, 2.45) is 4.99 Å². The molecular weight excluding hydrogens is 596 g/mol. The maximum atomic E-state index is 15.6. The van der Waals surface area contributed by atoms with Gasteiger partial charge >= 0.3 is 5.97 Å². The Bertz CT molecular complexity index is 1710. The number of alkyl halides is 1. The Morgan fingerprint density at radius 3 is 2.67 bits per heavy atom. The van der Waals surface area contributed by atoms with Crippen molar-refractivity contribution in [1.29, 1.82) is 0 Å². The Morgan fingerprint density at radius 1 is 1.16 bits per heavy atom. The molecule has 0 aliphatic carbocycles. The average Bonchev–Trinajstić information content (AvgIpc) is 3.73. The number of hydrogen-bond donors (Lipinski definition) is 0. The summed E-state index contributed by atoms with van der Waals surface area (Å²) in [6.07, 6.45) is 2.79. The van der Waals surface area contributed by atoms with Crippen LogP contribution in [0.2, 0.25) is 0 Å². The minimum absolute atomic E-state index is 0.0373. The number of aromatic nitrogens is 4. The second-order valence-corrected chi connectivity index (χ2v) is 10.8. The standard InChI is InChI=1S/C31H26ClF2N5O3S/c1-20(29-38-28(15-43-29)22-6-9-25(35-2)10-7-22)31(16-39-18-36-17-37-39,26-11-8-24(33)13-27(26)34)42-19-41-30(40)23-5-3-4-21(12-23)14-32/h3-13,15,17-18,20H,2,14,16,19H2,1H3/t20-,31?/m0/s1. The third kappa shape index (κ3) is 6.69. The second-order valence-electron chi connectivity index (χ2n) is 9.63. The molecular formula is C31H26ClF2N5O3S. The number of halogens is 3. The number of ether oxygens (including phenoxy) is 2. The van der Waals surface area contributed by atoms with Crippen LogP contribution in [0.4, 0.5) is 14.5 Å². The molecule has 43 heavy (non-hydrogen) atoms. The molecule has 2 heterocycles. The Balaban J connectivity index is 1.52. The van der Waals surface area contributed by atoms with Gasteiger partial charge in [-0.05, 0) is 42.6 Å². The van der Waals surface area contributed by atoms with Gasteiger partial charge in [0.25, 0.3) is 0 Å². The smallest absolute Gasteiger partial charge is 0.340 e. The van der Waals surface area contributed by atoms with Crippen molar-refractivity contribution in [1.82, 2.24) is 19.7 Å². The van der Waals surface area contributed by atoms with Crippen molar-refractivity contribution in [3.8, 4) is 11.3 Å². The van der Waals surface area contributed by atoms with Crippen LogP contribution in [0.15, 0.2) is 89.8 Å². The first-order valence-electron chi connectivity index (χ1n) is 13.1. The normalized spacial score (nSPS) is 13.3. The van der Waals surface area contributed by atoms with E-state index in [9.17, 15) is 9.18 Å². The van der Waals surface area contributed by atoms with E-state index in [4.69, 9.17) is 26.1 Å². The van der Waals surface area contributed by atoms with Gasteiger partial charge < -0.3 is 9.47 Å². The van der Waals surface area contributed by atoms with Crippen LogP contribution in [-0.4, -0.2) is 39.2 Å². The van der Waals surface area contributed by atoms with Crippen molar-refractivity contribution in [3.63, 3.8) is 0 Å². The summed E-state index contributed by atoms with van der Waals surface area (Å²) in [6.45, 7) is 4.76.